The molecule has 0 bridgehead atoms. The number of allylic oxidation sites excluding steroid dienone is 4. The summed E-state index contributed by atoms with van der Waals surface area (Å²) in [5.41, 5.74) is 10.7. The molecule has 5 aromatic rings. The molecule has 8 rings (SSSR count). The van der Waals surface area contributed by atoms with Crippen molar-refractivity contribution in [3.05, 3.63) is 166 Å². The molecule has 0 N–H and O–H groups in total. The van der Waals surface area contributed by atoms with Gasteiger partial charge in [0.25, 0.3) is 0 Å². The molecule has 0 fully saturated rings. The third-order valence-corrected chi connectivity index (χ3v) is 9.96. The Morgan fingerprint density at radius 3 is 1.67 bits per heavy atom. The number of methoxy groups -OCH3 is 4. The number of fused-ring (bicyclic) bond motifs is 1. The Balaban J connectivity index is 1.57. The van der Waals surface area contributed by atoms with Crippen LogP contribution in [0.1, 0.15) is 38.9 Å². The first-order valence-electron chi connectivity index (χ1n) is 15.3. The standard InChI is InChI=1S/C41H34O4/c1-42-30-13-5-25(6-14-30)39-34-21-19-33(45-4)24-37(34)41(28-9-15-31(43-2)16-10-28,29-11-17-32(44-3)18-12-29)36-22-8-27-23-26-7-20-35(39)40(36)38(26)27/h5-22,24,37H,23H2,1-4H3. The molecule has 3 aliphatic rings. The van der Waals surface area contributed by atoms with Gasteiger partial charge in [-0.2, -0.15) is 0 Å². The molecule has 0 radical (unpaired) electrons. The van der Waals surface area contributed by atoms with E-state index in [0.29, 0.717) is 0 Å². The fourth-order valence-electron chi connectivity index (χ4n) is 7.84. The van der Waals surface area contributed by atoms with Crippen LogP contribution in [0.3, 0.4) is 0 Å². The molecule has 0 aromatic heterocycles. The van der Waals surface area contributed by atoms with E-state index in [0.717, 1.165) is 35.0 Å². The molecule has 222 valence electrons. The third-order valence-electron chi connectivity index (χ3n) is 9.96. The summed E-state index contributed by atoms with van der Waals surface area (Å²) >= 11 is 0. The average molecular weight is 591 g/mol. The Hall–Kier alpha value is -5.22. The van der Waals surface area contributed by atoms with Crippen LogP contribution in [-0.2, 0) is 16.6 Å². The summed E-state index contributed by atoms with van der Waals surface area (Å²) in [6, 6.07) is 35.1. The van der Waals surface area contributed by atoms with Gasteiger partial charge < -0.3 is 18.9 Å². The number of hydrogen-bond donors (Lipinski definition) is 0. The van der Waals surface area contributed by atoms with E-state index in [1.807, 2.05) is 0 Å². The highest BCUT2D eigenvalue weighted by Gasteiger charge is 2.49. The van der Waals surface area contributed by atoms with Crippen LogP contribution in [0, 0.1) is 5.92 Å². The molecule has 0 spiro atoms. The number of hydrogen-bond acceptors (Lipinski definition) is 4. The van der Waals surface area contributed by atoms with E-state index in [-0.39, 0.29) is 5.92 Å². The second kappa shape index (κ2) is 10.4. The van der Waals surface area contributed by atoms with Gasteiger partial charge in [0.1, 0.15) is 23.0 Å². The summed E-state index contributed by atoms with van der Waals surface area (Å²) in [6.45, 7) is 0. The van der Waals surface area contributed by atoms with Crippen LogP contribution in [-0.4, -0.2) is 28.4 Å². The molecule has 0 amide bonds. The van der Waals surface area contributed by atoms with E-state index in [4.69, 9.17) is 18.9 Å². The van der Waals surface area contributed by atoms with Crippen molar-refractivity contribution in [3.8, 4) is 17.2 Å². The fourth-order valence-corrected chi connectivity index (χ4v) is 7.84. The van der Waals surface area contributed by atoms with Crippen molar-refractivity contribution in [2.45, 2.75) is 11.8 Å². The quantitative estimate of drug-likeness (QED) is 0.187. The Bertz CT molecular complexity index is 1990. The molecule has 0 heterocycles. The molecule has 45 heavy (non-hydrogen) atoms. The predicted molar refractivity (Wildman–Crippen MR) is 179 cm³/mol. The van der Waals surface area contributed by atoms with Gasteiger partial charge in [0.2, 0.25) is 0 Å². The third kappa shape index (κ3) is 3.91. The van der Waals surface area contributed by atoms with Gasteiger partial charge in [-0.1, -0.05) is 66.7 Å². The van der Waals surface area contributed by atoms with Crippen LogP contribution in [0.15, 0.2) is 127 Å². The van der Waals surface area contributed by atoms with Crippen molar-refractivity contribution >= 4 is 16.3 Å². The molecular weight excluding hydrogens is 556 g/mol. The topological polar surface area (TPSA) is 36.9 Å². The van der Waals surface area contributed by atoms with E-state index in [2.05, 4.69) is 115 Å². The van der Waals surface area contributed by atoms with E-state index < -0.39 is 5.41 Å². The van der Waals surface area contributed by atoms with Gasteiger partial charge in [0.05, 0.1) is 33.9 Å². The summed E-state index contributed by atoms with van der Waals surface area (Å²) in [6.07, 6.45) is 7.67. The number of ether oxygens (including phenoxy) is 4. The maximum atomic E-state index is 5.96. The van der Waals surface area contributed by atoms with Crippen LogP contribution < -0.4 is 14.2 Å². The predicted octanol–water partition coefficient (Wildman–Crippen LogP) is 8.64. The smallest absolute Gasteiger partial charge is 0.118 e. The summed E-state index contributed by atoms with van der Waals surface area (Å²) in [5.74, 6) is 3.22. The molecule has 1 unspecified atom stereocenters. The van der Waals surface area contributed by atoms with E-state index >= 15 is 0 Å². The lowest BCUT2D eigenvalue weighted by Crippen LogP contribution is -2.39. The highest BCUT2D eigenvalue weighted by Crippen LogP contribution is 2.58. The Morgan fingerprint density at radius 2 is 1.11 bits per heavy atom. The van der Waals surface area contributed by atoms with E-state index in [1.165, 1.54) is 55.3 Å². The van der Waals surface area contributed by atoms with Crippen molar-refractivity contribution in [1.82, 2.24) is 0 Å². The molecule has 1 atom stereocenters. The molecule has 4 heteroatoms. The second-order valence-corrected chi connectivity index (χ2v) is 11.9. The van der Waals surface area contributed by atoms with Crippen molar-refractivity contribution in [2.75, 3.05) is 28.4 Å². The van der Waals surface area contributed by atoms with Crippen LogP contribution >= 0.6 is 0 Å². The minimum atomic E-state index is -0.613. The lowest BCUT2D eigenvalue weighted by molar-refractivity contribution is 0.298. The van der Waals surface area contributed by atoms with Crippen molar-refractivity contribution in [2.24, 2.45) is 5.92 Å². The molecule has 5 aromatic carbocycles. The molecule has 3 aliphatic carbocycles. The van der Waals surface area contributed by atoms with Gasteiger partial charge in [-0.05, 0) is 116 Å². The molecule has 0 aliphatic heterocycles. The zero-order chi connectivity index (χ0) is 30.7. The largest absolute Gasteiger partial charge is 0.497 e. The van der Waals surface area contributed by atoms with E-state index in [9.17, 15) is 0 Å². The second-order valence-electron chi connectivity index (χ2n) is 11.9. The van der Waals surface area contributed by atoms with Crippen molar-refractivity contribution < 1.29 is 18.9 Å². The summed E-state index contributed by atoms with van der Waals surface area (Å²) in [4.78, 5) is 0. The van der Waals surface area contributed by atoms with Crippen LogP contribution in [0.4, 0.5) is 0 Å². The number of rotatable bonds is 7. The van der Waals surface area contributed by atoms with Gasteiger partial charge >= 0.3 is 0 Å². The first kappa shape index (κ1) is 27.3. The first-order chi connectivity index (χ1) is 22.1. The molecule has 0 saturated carbocycles. The van der Waals surface area contributed by atoms with Crippen molar-refractivity contribution in [1.29, 1.82) is 0 Å². The molecule has 4 nitrogen and oxygen atoms in total. The SMILES string of the molecule is COC1=CC2C(=C(c3ccc(OC)cc3)c3ccc4c5c(ccc(c35)C2(c2ccc(OC)cc2)c2ccc(OC)cc2)C4)C=C1. The van der Waals surface area contributed by atoms with Gasteiger partial charge in [0, 0.05) is 5.92 Å². The average Bonchev–Trinajstić information content (AvgIpc) is 3.19. The number of benzene rings is 5. The summed E-state index contributed by atoms with van der Waals surface area (Å²) < 4.78 is 22.8. The summed E-state index contributed by atoms with van der Waals surface area (Å²) in [5, 5.41) is 2.69. The zero-order valence-corrected chi connectivity index (χ0v) is 25.9. The van der Waals surface area contributed by atoms with Gasteiger partial charge in [-0.3, -0.25) is 0 Å². The van der Waals surface area contributed by atoms with Gasteiger partial charge in [-0.15, -0.1) is 0 Å². The molecular formula is C41H34O4. The zero-order valence-electron chi connectivity index (χ0n) is 25.9. The normalized spacial score (nSPS) is 17.2. The monoisotopic (exact) mass is 590 g/mol. The van der Waals surface area contributed by atoms with Gasteiger partial charge in [-0.25, -0.2) is 0 Å². The molecule has 0 saturated heterocycles. The van der Waals surface area contributed by atoms with Crippen LogP contribution in [0.2, 0.25) is 0 Å². The minimum absolute atomic E-state index is 0.110. The Labute approximate surface area is 263 Å². The summed E-state index contributed by atoms with van der Waals surface area (Å²) in [7, 11) is 6.89. The maximum Gasteiger partial charge on any atom is 0.118 e. The van der Waals surface area contributed by atoms with Gasteiger partial charge in [0.15, 0.2) is 0 Å². The lowest BCUT2D eigenvalue weighted by Gasteiger charge is -2.43. The first-order valence-corrected chi connectivity index (χ1v) is 15.3. The van der Waals surface area contributed by atoms with Crippen LogP contribution in [0.25, 0.3) is 16.3 Å². The minimum Gasteiger partial charge on any atom is -0.497 e. The fraction of sp³-hybridized carbons (Fsp3) is 0.171. The Kier molecular flexibility index (Phi) is 6.35. The highest BCUT2D eigenvalue weighted by atomic mass is 16.5. The maximum absolute atomic E-state index is 5.96. The van der Waals surface area contributed by atoms with E-state index in [1.54, 1.807) is 28.4 Å². The lowest BCUT2D eigenvalue weighted by atomic mass is 9.58. The van der Waals surface area contributed by atoms with Crippen molar-refractivity contribution in [3.63, 3.8) is 0 Å². The highest BCUT2D eigenvalue weighted by molar-refractivity contribution is 6.08. The van der Waals surface area contributed by atoms with Crippen LogP contribution in [0.5, 0.6) is 17.2 Å². The Morgan fingerprint density at radius 1 is 0.556 bits per heavy atom.